The molecule has 20 heavy (non-hydrogen) atoms. The quantitative estimate of drug-likeness (QED) is 0.867. The number of carbonyl (C=O) groups excluding carboxylic acids is 1. The normalized spacial score (nSPS) is 10.2. The molecule has 1 aromatic heterocycles. The molecule has 1 N–H and O–H groups in total. The van der Waals surface area contributed by atoms with E-state index in [2.05, 4.69) is 10.6 Å². The van der Waals surface area contributed by atoms with Crippen molar-refractivity contribution in [1.29, 1.82) is 0 Å². The van der Waals surface area contributed by atoms with E-state index in [-0.39, 0.29) is 17.6 Å². The van der Waals surface area contributed by atoms with Crippen LogP contribution in [0.2, 0.25) is 5.15 Å². The topological polar surface area (TPSA) is 71.5 Å². The average molecular weight is 298 g/mol. The minimum atomic E-state index is -0.669. The van der Waals surface area contributed by atoms with Gasteiger partial charge in [0.2, 0.25) is 5.27 Å². The van der Waals surface area contributed by atoms with Gasteiger partial charge in [-0.2, -0.15) is 5.01 Å². The molecule has 0 spiro atoms. The summed E-state index contributed by atoms with van der Waals surface area (Å²) in [6, 6.07) is 9.33. The second-order valence-corrected chi connectivity index (χ2v) is 4.47. The van der Waals surface area contributed by atoms with Gasteiger partial charge in [0.25, 0.3) is 0 Å². The van der Waals surface area contributed by atoms with Crippen LogP contribution in [0.5, 0.6) is 0 Å². The van der Waals surface area contributed by atoms with Crippen LogP contribution >= 0.6 is 11.6 Å². The number of anilines is 1. The van der Waals surface area contributed by atoms with Crippen molar-refractivity contribution in [3.63, 3.8) is 0 Å². The molecule has 0 aliphatic heterocycles. The van der Waals surface area contributed by atoms with Crippen molar-refractivity contribution < 1.29 is 18.8 Å². The van der Waals surface area contributed by atoms with Crippen LogP contribution in [0.1, 0.15) is 5.56 Å². The van der Waals surface area contributed by atoms with E-state index < -0.39 is 6.09 Å². The zero-order valence-corrected chi connectivity index (χ0v) is 11.8. The van der Waals surface area contributed by atoms with E-state index in [0.717, 1.165) is 5.56 Å². The molecule has 0 radical (unpaired) electrons. The second-order valence-electron chi connectivity index (χ2n) is 4.12. The highest BCUT2D eigenvalue weighted by molar-refractivity contribution is 6.30. The molecule has 7 nitrogen and oxygen atoms in total. The summed E-state index contributed by atoms with van der Waals surface area (Å²) >= 11 is 5.98. The van der Waals surface area contributed by atoms with E-state index >= 15 is 0 Å². The molecule has 0 aliphatic rings. The van der Waals surface area contributed by atoms with Gasteiger partial charge in [-0.15, -0.1) is 0 Å². The van der Waals surface area contributed by atoms with Crippen LogP contribution in [0.4, 0.5) is 10.7 Å². The molecule has 106 valence electrons. The van der Waals surface area contributed by atoms with Gasteiger partial charge in [-0.1, -0.05) is 30.3 Å². The van der Waals surface area contributed by atoms with Crippen LogP contribution < -0.4 is 15.1 Å². The highest BCUT2D eigenvalue weighted by Crippen LogP contribution is 2.16. The van der Waals surface area contributed by atoms with E-state index in [4.69, 9.17) is 20.9 Å². The summed E-state index contributed by atoms with van der Waals surface area (Å²) in [5.41, 5.74) is 0.884. The third-order valence-electron chi connectivity index (χ3n) is 2.38. The third kappa shape index (κ3) is 3.39. The molecule has 1 aromatic carbocycles. The number of carbonyl (C=O) groups is 1. The molecule has 0 fully saturated rings. The van der Waals surface area contributed by atoms with E-state index in [1.165, 1.54) is 4.79 Å². The van der Waals surface area contributed by atoms with Gasteiger partial charge in [-0.05, 0) is 5.56 Å². The third-order valence-corrected chi connectivity index (χ3v) is 2.70. The van der Waals surface area contributed by atoms with Gasteiger partial charge in [-0.3, -0.25) is 9.84 Å². The number of rotatable bonds is 4. The summed E-state index contributed by atoms with van der Waals surface area (Å²) in [7, 11) is 3.46. The number of aromatic nitrogens is 2. The Labute approximate surface area is 120 Å². The molecule has 0 unspecified atom stereocenters. The Morgan fingerprint density at radius 3 is 2.75 bits per heavy atom. The molecule has 0 aliphatic carbocycles. The van der Waals surface area contributed by atoms with Crippen molar-refractivity contribution >= 4 is 23.6 Å². The largest absolute Gasteiger partial charge is 0.444 e. The number of amides is 1. The Hall–Kier alpha value is -2.28. The predicted octanol–water partition coefficient (Wildman–Crippen LogP) is 1.56. The molecule has 0 saturated carbocycles. The molecule has 0 atom stereocenters. The lowest BCUT2D eigenvalue weighted by molar-refractivity contribution is -0.751. The first-order chi connectivity index (χ1) is 9.58. The number of hydrogen-bond donors (Lipinski definition) is 1. The molecular weight excluding hydrogens is 284 g/mol. The zero-order valence-electron chi connectivity index (χ0n) is 11.0. The van der Waals surface area contributed by atoms with Gasteiger partial charge in [0.05, 0.1) is 18.9 Å². The lowest BCUT2D eigenvalue weighted by Crippen LogP contribution is -2.54. The summed E-state index contributed by atoms with van der Waals surface area (Å²) in [5.74, 6) is 0.0263. The van der Waals surface area contributed by atoms with Crippen molar-refractivity contribution in [2.45, 2.75) is 6.61 Å². The van der Waals surface area contributed by atoms with Gasteiger partial charge in [0.1, 0.15) is 6.61 Å². The molecule has 1 heterocycles. The SMILES string of the molecule is CN(C)[n+]1noc(NC(=O)OCc2ccccc2)c1Cl. The van der Waals surface area contributed by atoms with E-state index in [0.29, 0.717) is 0 Å². The second kappa shape index (κ2) is 6.25. The molecule has 0 bridgehead atoms. The Balaban J connectivity index is 1.92. The Kier molecular flexibility index (Phi) is 4.41. The Morgan fingerprint density at radius 1 is 1.45 bits per heavy atom. The minimum absolute atomic E-state index is 0.0263. The summed E-state index contributed by atoms with van der Waals surface area (Å²) in [5, 5.41) is 7.77. The molecular formula is C12H14ClN4O3+. The van der Waals surface area contributed by atoms with Crippen LogP contribution in [0.3, 0.4) is 0 Å². The summed E-state index contributed by atoms with van der Waals surface area (Å²) in [6.07, 6.45) is -0.669. The first-order valence-corrected chi connectivity index (χ1v) is 6.18. The lowest BCUT2D eigenvalue weighted by Gasteiger charge is -2.03. The Morgan fingerprint density at radius 2 is 2.15 bits per heavy atom. The molecule has 2 aromatic rings. The van der Waals surface area contributed by atoms with Gasteiger partial charge < -0.3 is 4.74 Å². The van der Waals surface area contributed by atoms with Gasteiger partial charge in [0, 0.05) is 11.6 Å². The maximum Gasteiger partial charge on any atom is 0.414 e. The van der Waals surface area contributed by atoms with Crippen LogP contribution in [-0.2, 0) is 11.3 Å². The van der Waals surface area contributed by atoms with Crippen molar-refractivity contribution in [2.24, 2.45) is 0 Å². The van der Waals surface area contributed by atoms with Crippen molar-refractivity contribution in [1.82, 2.24) is 5.27 Å². The monoisotopic (exact) mass is 297 g/mol. The van der Waals surface area contributed by atoms with E-state index in [1.807, 2.05) is 30.3 Å². The average Bonchev–Trinajstić information content (AvgIpc) is 2.79. The maximum atomic E-state index is 11.6. The predicted molar refractivity (Wildman–Crippen MR) is 72.0 cm³/mol. The molecule has 1 amide bonds. The molecule has 2 rings (SSSR count). The van der Waals surface area contributed by atoms with Crippen LogP contribution in [-0.4, -0.2) is 25.5 Å². The molecule has 0 saturated heterocycles. The zero-order chi connectivity index (χ0) is 14.5. The van der Waals surface area contributed by atoms with Crippen molar-refractivity contribution in [3.8, 4) is 0 Å². The number of hydrogen-bond acceptors (Lipinski definition) is 5. The summed E-state index contributed by atoms with van der Waals surface area (Å²) in [4.78, 5) is 12.9. The highest BCUT2D eigenvalue weighted by Gasteiger charge is 2.26. The fraction of sp³-hybridized carbons (Fsp3) is 0.250. The summed E-state index contributed by atoms with van der Waals surface area (Å²) in [6.45, 7) is 0.159. The van der Waals surface area contributed by atoms with Gasteiger partial charge >= 0.3 is 17.1 Å². The maximum absolute atomic E-state index is 11.6. The fourth-order valence-electron chi connectivity index (χ4n) is 1.42. The smallest absolute Gasteiger partial charge is 0.414 e. The van der Waals surface area contributed by atoms with Gasteiger partial charge in [-0.25, -0.2) is 4.79 Å². The first-order valence-electron chi connectivity index (χ1n) is 5.80. The van der Waals surface area contributed by atoms with Crippen LogP contribution in [0.25, 0.3) is 0 Å². The van der Waals surface area contributed by atoms with Crippen LogP contribution in [0.15, 0.2) is 34.9 Å². The number of nitrogens with one attached hydrogen (secondary N) is 1. The minimum Gasteiger partial charge on any atom is -0.444 e. The lowest BCUT2D eigenvalue weighted by atomic mass is 10.2. The van der Waals surface area contributed by atoms with E-state index in [9.17, 15) is 4.79 Å². The van der Waals surface area contributed by atoms with Gasteiger partial charge in [0.15, 0.2) is 0 Å². The van der Waals surface area contributed by atoms with Crippen molar-refractivity contribution in [2.75, 3.05) is 24.4 Å². The standard InChI is InChI=1S/C12H13ClN4O3/c1-16(2)17-10(13)11(20-15-17)14-12(18)19-8-9-6-4-3-5-7-9/h3-7H,8H2,1-2H3/p+1. The van der Waals surface area contributed by atoms with Crippen molar-refractivity contribution in [3.05, 3.63) is 41.0 Å². The number of nitrogens with zero attached hydrogens (tertiary/aromatic N) is 3. The first kappa shape index (κ1) is 14.1. The molecule has 8 heteroatoms. The Bertz CT molecular complexity index is 586. The number of halogens is 1. The fourth-order valence-corrected chi connectivity index (χ4v) is 1.68. The van der Waals surface area contributed by atoms with Crippen LogP contribution in [0, 0.1) is 0 Å². The highest BCUT2D eigenvalue weighted by atomic mass is 35.5. The van der Waals surface area contributed by atoms with E-state index in [1.54, 1.807) is 19.1 Å². The number of ether oxygens (including phenoxy) is 1. The number of benzene rings is 1. The summed E-state index contributed by atoms with van der Waals surface area (Å²) < 4.78 is 9.94.